The molecule has 1 aliphatic heterocycles. The lowest BCUT2D eigenvalue weighted by Gasteiger charge is -2.34. The van der Waals surface area contributed by atoms with Crippen LogP contribution in [0.1, 0.15) is 74.8 Å². The predicted octanol–water partition coefficient (Wildman–Crippen LogP) is 6.55. The Kier molecular flexibility index (Phi) is 6.15. The Morgan fingerprint density at radius 1 is 0.875 bits per heavy atom. The zero-order valence-electron chi connectivity index (χ0n) is 18.9. The summed E-state index contributed by atoms with van der Waals surface area (Å²) in [6.07, 6.45) is 10.2. The van der Waals surface area contributed by atoms with E-state index < -0.39 is 0 Å². The number of para-hydroxylation sites is 1. The van der Waals surface area contributed by atoms with Gasteiger partial charge < -0.3 is 10.1 Å². The van der Waals surface area contributed by atoms with E-state index in [9.17, 15) is 4.79 Å². The van der Waals surface area contributed by atoms with Crippen molar-refractivity contribution < 1.29 is 9.53 Å². The number of anilines is 1. The molecule has 0 unspecified atom stereocenters. The van der Waals surface area contributed by atoms with E-state index in [4.69, 9.17) is 9.84 Å². The number of carbonyl (C=O) groups is 1. The van der Waals surface area contributed by atoms with E-state index in [0.717, 1.165) is 48.4 Å². The number of benzene rings is 2. The predicted molar refractivity (Wildman–Crippen MR) is 128 cm³/mol. The Hall–Kier alpha value is -2.82. The number of ether oxygens (including phenoxy) is 1. The molecule has 2 aromatic carbocycles. The van der Waals surface area contributed by atoms with E-state index in [0.29, 0.717) is 11.8 Å². The molecular formula is C27H33N3O2. The van der Waals surface area contributed by atoms with E-state index in [1.807, 2.05) is 24.3 Å². The second kappa shape index (κ2) is 9.35. The molecule has 0 saturated heterocycles. The van der Waals surface area contributed by atoms with Gasteiger partial charge in [-0.3, -0.25) is 0 Å². The molecule has 0 atom stereocenters. The monoisotopic (exact) mass is 431 g/mol. The number of carbonyl (C=O) groups excluding carboxylic acids is 1. The molecule has 0 radical (unpaired) electrons. The zero-order chi connectivity index (χ0) is 21.9. The number of nitrogens with zero attached hydrogens (tertiary/aromatic N) is 2. The molecule has 5 nitrogen and oxygen atoms in total. The smallest absolute Gasteiger partial charge is 0.342 e. The van der Waals surface area contributed by atoms with Crippen molar-refractivity contribution in [3.8, 4) is 5.75 Å². The first-order valence-corrected chi connectivity index (χ1v) is 12.1. The molecule has 2 aromatic rings. The van der Waals surface area contributed by atoms with E-state index >= 15 is 0 Å². The average Bonchev–Trinajstić information content (AvgIpc) is 3.01. The van der Waals surface area contributed by atoms with Gasteiger partial charge in [-0.25, -0.2) is 9.80 Å². The maximum absolute atomic E-state index is 13.2. The van der Waals surface area contributed by atoms with Gasteiger partial charge >= 0.3 is 6.03 Å². The number of methoxy groups -OCH3 is 1. The molecule has 5 heteroatoms. The SMILES string of the molecule is COc1ccc([C@H]2CC[C@@H](N3N=C(C4CCCCC4)c4ccccc4NC3=O)CC2)cc1. The first kappa shape index (κ1) is 21.0. The molecule has 168 valence electrons. The largest absolute Gasteiger partial charge is 0.497 e. The van der Waals surface area contributed by atoms with Crippen molar-refractivity contribution in [3.63, 3.8) is 0 Å². The highest BCUT2D eigenvalue weighted by atomic mass is 16.5. The van der Waals surface area contributed by atoms with Crippen molar-refractivity contribution in [1.29, 1.82) is 0 Å². The summed E-state index contributed by atoms with van der Waals surface area (Å²) in [4.78, 5) is 13.2. The highest BCUT2D eigenvalue weighted by molar-refractivity contribution is 6.10. The fraction of sp³-hybridized carbons (Fsp3) is 0.481. The van der Waals surface area contributed by atoms with Crippen molar-refractivity contribution >= 4 is 17.4 Å². The van der Waals surface area contributed by atoms with Gasteiger partial charge in [0.25, 0.3) is 0 Å². The third-order valence-electron chi connectivity index (χ3n) is 7.49. The van der Waals surface area contributed by atoms with Crippen LogP contribution in [0.25, 0.3) is 0 Å². The summed E-state index contributed by atoms with van der Waals surface area (Å²) in [5.74, 6) is 1.87. The molecule has 0 aromatic heterocycles. The number of fused-ring (bicyclic) bond motifs is 1. The minimum Gasteiger partial charge on any atom is -0.497 e. The van der Waals surface area contributed by atoms with Crippen molar-refractivity contribution in [2.75, 3.05) is 12.4 Å². The summed E-state index contributed by atoms with van der Waals surface area (Å²) >= 11 is 0. The molecule has 1 N–H and O–H groups in total. The van der Waals surface area contributed by atoms with Gasteiger partial charge in [-0.2, -0.15) is 5.10 Å². The van der Waals surface area contributed by atoms with E-state index in [1.165, 1.54) is 37.7 Å². The Labute approximate surface area is 190 Å². The summed E-state index contributed by atoms with van der Waals surface area (Å²) < 4.78 is 5.30. The number of hydrogen-bond acceptors (Lipinski definition) is 3. The fourth-order valence-electron chi connectivity index (χ4n) is 5.66. The lowest BCUT2D eigenvalue weighted by atomic mass is 9.81. The van der Waals surface area contributed by atoms with Gasteiger partial charge in [-0.15, -0.1) is 0 Å². The Balaban J connectivity index is 1.36. The van der Waals surface area contributed by atoms with Crippen LogP contribution >= 0.6 is 0 Å². The molecule has 5 rings (SSSR count). The minimum atomic E-state index is -0.0869. The van der Waals surface area contributed by atoms with Crippen molar-refractivity contribution in [2.45, 2.75) is 69.7 Å². The van der Waals surface area contributed by atoms with Crippen LogP contribution < -0.4 is 10.1 Å². The summed E-state index contributed by atoms with van der Waals surface area (Å²) in [5, 5.41) is 10.0. The number of hydrogen-bond donors (Lipinski definition) is 1. The Bertz CT molecular complexity index is 971. The summed E-state index contributed by atoms with van der Waals surface area (Å²) in [6.45, 7) is 0. The maximum atomic E-state index is 13.2. The van der Waals surface area contributed by atoms with Gasteiger partial charge in [0.1, 0.15) is 5.75 Å². The average molecular weight is 432 g/mol. The molecule has 2 saturated carbocycles. The highest BCUT2D eigenvalue weighted by Crippen LogP contribution is 2.38. The van der Waals surface area contributed by atoms with Crippen LogP contribution in [-0.2, 0) is 0 Å². The van der Waals surface area contributed by atoms with Crippen LogP contribution in [0.5, 0.6) is 5.75 Å². The first-order valence-electron chi connectivity index (χ1n) is 12.1. The second-order valence-electron chi connectivity index (χ2n) is 9.42. The minimum absolute atomic E-state index is 0.0869. The second-order valence-corrected chi connectivity index (χ2v) is 9.42. The van der Waals surface area contributed by atoms with Crippen molar-refractivity contribution in [1.82, 2.24) is 5.01 Å². The van der Waals surface area contributed by atoms with Gasteiger partial charge in [0.2, 0.25) is 0 Å². The number of urea groups is 1. The van der Waals surface area contributed by atoms with Crippen LogP contribution in [0.3, 0.4) is 0 Å². The molecule has 2 aliphatic carbocycles. The number of hydrazone groups is 1. The highest BCUT2D eigenvalue weighted by Gasteiger charge is 2.34. The number of nitrogens with one attached hydrogen (secondary N) is 1. The lowest BCUT2D eigenvalue weighted by molar-refractivity contribution is 0.166. The third kappa shape index (κ3) is 4.25. The summed E-state index contributed by atoms with van der Waals surface area (Å²) in [5.41, 5.74) is 4.47. The normalized spacial score (nSPS) is 24.2. The van der Waals surface area contributed by atoms with Gasteiger partial charge in [0.15, 0.2) is 0 Å². The van der Waals surface area contributed by atoms with Crippen LogP contribution in [0.15, 0.2) is 53.6 Å². The van der Waals surface area contributed by atoms with Crippen LogP contribution in [0, 0.1) is 5.92 Å². The summed E-state index contributed by atoms with van der Waals surface area (Å²) in [7, 11) is 1.70. The molecule has 1 heterocycles. The quantitative estimate of drug-likeness (QED) is 0.596. The Morgan fingerprint density at radius 3 is 2.31 bits per heavy atom. The van der Waals surface area contributed by atoms with Gasteiger partial charge in [0, 0.05) is 11.5 Å². The van der Waals surface area contributed by atoms with Crippen molar-refractivity contribution in [3.05, 3.63) is 59.7 Å². The van der Waals surface area contributed by atoms with E-state index in [2.05, 4.69) is 29.6 Å². The molecule has 0 bridgehead atoms. The van der Waals surface area contributed by atoms with Gasteiger partial charge in [0.05, 0.1) is 24.6 Å². The molecule has 2 amide bonds. The van der Waals surface area contributed by atoms with Gasteiger partial charge in [-0.1, -0.05) is 49.6 Å². The zero-order valence-corrected chi connectivity index (χ0v) is 18.9. The van der Waals surface area contributed by atoms with Crippen molar-refractivity contribution in [2.24, 2.45) is 11.0 Å². The van der Waals surface area contributed by atoms with Gasteiger partial charge in [-0.05, 0) is 68.2 Å². The lowest BCUT2D eigenvalue weighted by Crippen LogP contribution is -2.41. The molecule has 0 spiro atoms. The molecular weight excluding hydrogens is 398 g/mol. The third-order valence-corrected chi connectivity index (χ3v) is 7.49. The first-order chi connectivity index (χ1) is 15.7. The Morgan fingerprint density at radius 2 is 1.59 bits per heavy atom. The fourth-order valence-corrected chi connectivity index (χ4v) is 5.66. The maximum Gasteiger partial charge on any atom is 0.342 e. The number of rotatable bonds is 4. The topological polar surface area (TPSA) is 53.9 Å². The molecule has 2 fully saturated rings. The molecule has 32 heavy (non-hydrogen) atoms. The molecule has 3 aliphatic rings. The standard InChI is InChI=1S/C27H33N3O2/c1-32-23-17-13-20(14-18-23)19-11-15-22(16-12-19)30-27(31)28-25-10-6-5-9-24(25)26(29-30)21-7-3-2-4-8-21/h5-6,9-10,13-14,17-19,21-22H,2-4,7-8,11-12,15-16H2,1H3,(H,28,31)/t19-,22+. The summed E-state index contributed by atoms with van der Waals surface area (Å²) in [6, 6.07) is 16.7. The number of amides is 2. The van der Waals surface area contributed by atoms with E-state index in [1.54, 1.807) is 12.1 Å². The van der Waals surface area contributed by atoms with Crippen LogP contribution in [0.2, 0.25) is 0 Å². The van der Waals surface area contributed by atoms with E-state index in [-0.39, 0.29) is 12.1 Å². The van der Waals surface area contributed by atoms with Crippen LogP contribution in [0.4, 0.5) is 10.5 Å². The van der Waals surface area contributed by atoms with Crippen LogP contribution in [-0.4, -0.2) is 29.9 Å².